The average molecular weight is 476 g/mol. The first-order valence-corrected chi connectivity index (χ1v) is 12.8. The predicted molar refractivity (Wildman–Crippen MR) is 132 cm³/mol. The first-order chi connectivity index (χ1) is 17.0. The van der Waals surface area contributed by atoms with E-state index < -0.39 is 0 Å². The first kappa shape index (κ1) is 22.6. The van der Waals surface area contributed by atoms with Crippen LogP contribution in [0.2, 0.25) is 0 Å². The molecule has 0 bridgehead atoms. The summed E-state index contributed by atoms with van der Waals surface area (Å²) in [5, 5.41) is 12.4. The van der Waals surface area contributed by atoms with Gasteiger partial charge in [0.05, 0.1) is 16.6 Å². The second kappa shape index (κ2) is 9.28. The third-order valence-corrected chi connectivity index (χ3v) is 7.89. The molecule has 2 aromatic rings. The van der Waals surface area contributed by atoms with Crippen LogP contribution in [-0.4, -0.2) is 60.3 Å². The van der Waals surface area contributed by atoms with Crippen LogP contribution in [0.5, 0.6) is 11.5 Å². The summed E-state index contributed by atoms with van der Waals surface area (Å²) in [6, 6.07) is 9.64. The molecule has 0 saturated carbocycles. The van der Waals surface area contributed by atoms with Crippen molar-refractivity contribution in [3.05, 3.63) is 57.6 Å². The molecule has 0 aliphatic carbocycles. The van der Waals surface area contributed by atoms with E-state index in [2.05, 4.69) is 29.1 Å². The third-order valence-electron chi connectivity index (χ3n) is 7.89. The summed E-state index contributed by atoms with van der Waals surface area (Å²) in [5.41, 5.74) is 3.66. The number of nitrogens with zero attached hydrogens (tertiary/aromatic N) is 3. The minimum absolute atomic E-state index is 0.00450. The zero-order valence-electron chi connectivity index (χ0n) is 20.3. The fourth-order valence-electron chi connectivity index (χ4n) is 5.66. The molecule has 0 unspecified atom stereocenters. The molecule has 4 heterocycles. The number of hydrogen-bond acceptors (Lipinski definition) is 6. The van der Waals surface area contributed by atoms with Gasteiger partial charge in [0.25, 0.3) is 5.91 Å². The van der Waals surface area contributed by atoms with Crippen LogP contribution >= 0.6 is 0 Å². The van der Waals surface area contributed by atoms with Gasteiger partial charge in [-0.2, -0.15) is 0 Å². The van der Waals surface area contributed by atoms with Crippen LogP contribution in [0.25, 0.3) is 5.70 Å². The molecule has 0 atom stereocenters. The standard InChI is InChI=1S/C28H33N3O4/c1-30-8-4-21(5-9-30)35-22-3-2-19-16-31(17-20(19)13-22)28(33)24-14-23-25(29-26(23)15-27(24)32)12-18-6-10-34-11-7-18/h2-3,13-15,18,21,32H,4-12,16-17H2,1H3. The lowest BCUT2D eigenvalue weighted by molar-refractivity contribution is 0.0676. The molecule has 2 fully saturated rings. The summed E-state index contributed by atoms with van der Waals surface area (Å²) in [7, 11) is 2.15. The number of benzene rings is 2. The Morgan fingerprint density at radius 2 is 1.86 bits per heavy atom. The van der Waals surface area contributed by atoms with Gasteiger partial charge in [0.15, 0.2) is 0 Å². The van der Waals surface area contributed by atoms with Crippen molar-refractivity contribution in [3.8, 4) is 11.5 Å². The number of carbonyl (C=O) groups excluding carboxylic acids is 1. The highest BCUT2D eigenvalue weighted by molar-refractivity contribution is 5.97. The van der Waals surface area contributed by atoms with Gasteiger partial charge in [-0.3, -0.25) is 9.79 Å². The molecule has 7 nitrogen and oxygen atoms in total. The minimum Gasteiger partial charge on any atom is -0.507 e. The number of piperidine rings is 1. The molecule has 4 aliphatic heterocycles. The zero-order chi connectivity index (χ0) is 23.9. The van der Waals surface area contributed by atoms with Gasteiger partial charge in [-0.25, -0.2) is 0 Å². The second-order valence-corrected chi connectivity index (χ2v) is 10.4. The largest absolute Gasteiger partial charge is 0.507 e. The molecule has 1 N–H and O–H groups in total. The number of phenolic OH excluding ortho intramolecular Hbond substituents is 1. The topological polar surface area (TPSA) is 74.6 Å². The Morgan fingerprint density at radius 3 is 2.66 bits per heavy atom. The minimum atomic E-state index is -0.142. The highest BCUT2D eigenvalue weighted by Gasteiger charge is 2.28. The maximum absolute atomic E-state index is 13.4. The summed E-state index contributed by atoms with van der Waals surface area (Å²) < 4.78 is 11.7. The Morgan fingerprint density at radius 1 is 1.09 bits per heavy atom. The molecule has 35 heavy (non-hydrogen) atoms. The van der Waals surface area contributed by atoms with E-state index >= 15 is 0 Å². The van der Waals surface area contributed by atoms with Crippen LogP contribution in [-0.2, 0) is 17.8 Å². The molecular weight excluding hydrogens is 442 g/mol. The first-order valence-electron chi connectivity index (χ1n) is 12.8. The molecule has 0 spiro atoms. The summed E-state index contributed by atoms with van der Waals surface area (Å²) in [6.45, 7) is 4.81. The molecule has 2 aromatic carbocycles. The number of aromatic hydroxyl groups is 1. The van der Waals surface area contributed by atoms with Crippen molar-refractivity contribution >= 4 is 11.6 Å². The maximum atomic E-state index is 13.4. The summed E-state index contributed by atoms with van der Waals surface area (Å²) in [6.07, 6.45) is 5.33. The van der Waals surface area contributed by atoms with Crippen LogP contribution < -0.4 is 15.3 Å². The van der Waals surface area contributed by atoms with E-state index in [1.807, 2.05) is 12.1 Å². The molecule has 4 aliphatic rings. The van der Waals surface area contributed by atoms with Gasteiger partial charge in [0, 0.05) is 50.7 Å². The van der Waals surface area contributed by atoms with Crippen molar-refractivity contribution in [1.29, 1.82) is 0 Å². The highest BCUT2D eigenvalue weighted by atomic mass is 16.5. The third kappa shape index (κ3) is 4.55. The van der Waals surface area contributed by atoms with Crippen molar-refractivity contribution in [2.24, 2.45) is 10.9 Å². The van der Waals surface area contributed by atoms with Gasteiger partial charge in [0.2, 0.25) is 0 Å². The molecular formula is C28H33N3O4. The summed E-state index contributed by atoms with van der Waals surface area (Å²) >= 11 is 0. The number of rotatable bonds is 5. The van der Waals surface area contributed by atoms with E-state index in [0.29, 0.717) is 24.6 Å². The van der Waals surface area contributed by atoms with Crippen molar-refractivity contribution in [3.63, 3.8) is 0 Å². The van der Waals surface area contributed by atoms with E-state index in [0.717, 1.165) is 91.6 Å². The van der Waals surface area contributed by atoms with Crippen LogP contribution in [0.4, 0.5) is 0 Å². The summed E-state index contributed by atoms with van der Waals surface area (Å²) in [5.74, 6) is 1.31. The number of amides is 1. The Labute approximate surface area is 205 Å². The van der Waals surface area contributed by atoms with Gasteiger partial charge in [-0.05, 0) is 74.4 Å². The lowest BCUT2D eigenvalue weighted by atomic mass is 9.92. The molecule has 6 rings (SSSR count). The van der Waals surface area contributed by atoms with Crippen molar-refractivity contribution in [1.82, 2.24) is 9.80 Å². The van der Waals surface area contributed by atoms with Gasteiger partial charge in [-0.15, -0.1) is 0 Å². The normalized spacial score (nSPS) is 20.7. The lowest BCUT2D eigenvalue weighted by Crippen LogP contribution is -2.38. The van der Waals surface area contributed by atoms with E-state index in [-0.39, 0.29) is 17.8 Å². The average Bonchev–Trinajstić information content (AvgIpc) is 3.28. The van der Waals surface area contributed by atoms with Crippen molar-refractivity contribution < 1.29 is 19.4 Å². The molecule has 0 aromatic heterocycles. The van der Waals surface area contributed by atoms with Gasteiger partial charge >= 0.3 is 0 Å². The number of ether oxygens (including phenoxy) is 2. The fourth-order valence-corrected chi connectivity index (χ4v) is 5.66. The number of carbonyl (C=O) groups is 1. The zero-order valence-corrected chi connectivity index (χ0v) is 20.3. The van der Waals surface area contributed by atoms with Gasteiger partial charge in [-0.1, -0.05) is 6.07 Å². The number of fused-ring (bicyclic) bond motifs is 2. The second-order valence-electron chi connectivity index (χ2n) is 10.4. The molecule has 2 saturated heterocycles. The van der Waals surface area contributed by atoms with Crippen LogP contribution in [0.1, 0.15) is 53.6 Å². The summed E-state index contributed by atoms with van der Waals surface area (Å²) in [4.78, 5) is 22.2. The molecule has 184 valence electrons. The van der Waals surface area contributed by atoms with E-state index in [4.69, 9.17) is 9.47 Å². The SMILES string of the molecule is CN1CCC(Oc2ccc3c(c2)CN(C(=O)c2cc4c(cc2O)=NC=4CC2CCOCC2)C3)CC1. The van der Waals surface area contributed by atoms with Gasteiger partial charge < -0.3 is 24.4 Å². The quantitative estimate of drug-likeness (QED) is 0.720. The van der Waals surface area contributed by atoms with Crippen LogP contribution in [0.3, 0.4) is 0 Å². The molecule has 0 radical (unpaired) electrons. The molecule has 1 amide bonds. The Balaban J connectivity index is 1.16. The van der Waals surface area contributed by atoms with Crippen molar-refractivity contribution in [2.75, 3.05) is 33.4 Å². The Bertz CT molecular complexity index is 1260. The van der Waals surface area contributed by atoms with Crippen LogP contribution in [0, 0.1) is 5.92 Å². The number of phenols is 1. The van der Waals surface area contributed by atoms with Gasteiger partial charge in [0.1, 0.15) is 17.6 Å². The number of likely N-dealkylation sites (tertiary alicyclic amines) is 1. The smallest absolute Gasteiger partial charge is 0.258 e. The van der Waals surface area contributed by atoms with E-state index in [1.165, 1.54) is 0 Å². The van der Waals surface area contributed by atoms with E-state index in [1.54, 1.807) is 11.0 Å². The predicted octanol–water partition coefficient (Wildman–Crippen LogP) is 2.58. The molecule has 7 heteroatoms. The maximum Gasteiger partial charge on any atom is 0.258 e. The highest BCUT2D eigenvalue weighted by Crippen LogP contribution is 2.31. The Hall–Kier alpha value is -2.90. The lowest BCUT2D eigenvalue weighted by Gasteiger charge is -2.29. The van der Waals surface area contributed by atoms with E-state index in [9.17, 15) is 9.90 Å². The number of hydrogen-bond donors (Lipinski definition) is 1. The monoisotopic (exact) mass is 475 g/mol. The van der Waals surface area contributed by atoms with Crippen molar-refractivity contribution in [2.45, 2.75) is 51.3 Å². The van der Waals surface area contributed by atoms with Crippen LogP contribution in [0.15, 0.2) is 35.3 Å². The Kier molecular flexibility index (Phi) is 5.98. The fraction of sp³-hybridized carbons (Fsp3) is 0.500.